The Balaban J connectivity index is 1.42. The van der Waals surface area contributed by atoms with Crippen molar-refractivity contribution in [2.24, 2.45) is 0 Å². The fourth-order valence-electron chi connectivity index (χ4n) is 2.99. The number of nitrogens with one attached hydrogen (secondary N) is 2. The topological polar surface area (TPSA) is 88.7 Å². The van der Waals surface area contributed by atoms with E-state index in [9.17, 15) is 4.79 Å². The number of aromatic nitrogens is 4. The lowest BCUT2D eigenvalue weighted by Gasteiger charge is -2.00. The molecule has 0 saturated heterocycles. The summed E-state index contributed by atoms with van der Waals surface area (Å²) in [7, 11) is 0. The summed E-state index contributed by atoms with van der Waals surface area (Å²) in [6.07, 6.45) is 8.60. The minimum atomic E-state index is -0.211. The summed E-state index contributed by atoms with van der Waals surface area (Å²) in [5, 5.41) is 12.1. The van der Waals surface area contributed by atoms with Gasteiger partial charge in [0.05, 0.1) is 24.1 Å². The zero-order chi connectivity index (χ0) is 18.8. The molecule has 0 spiro atoms. The normalized spacial score (nSPS) is 11.5. The summed E-state index contributed by atoms with van der Waals surface area (Å²) in [6.45, 7) is 4.31. The van der Waals surface area contributed by atoms with E-state index in [0.29, 0.717) is 12.2 Å². The van der Waals surface area contributed by atoms with Crippen LogP contribution in [0.15, 0.2) is 53.5 Å². The second-order valence-electron chi connectivity index (χ2n) is 6.34. The highest BCUT2D eigenvalue weighted by Crippen LogP contribution is 2.19. The van der Waals surface area contributed by atoms with Gasteiger partial charge in [0.15, 0.2) is 0 Å². The molecule has 1 aromatic carbocycles. The van der Waals surface area contributed by atoms with Crippen LogP contribution in [0.5, 0.6) is 0 Å². The zero-order valence-electron chi connectivity index (χ0n) is 15.1. The minimum Gasteiger partial charge on any atom is -0.361 e. The SMILES string of the molecule is Cc1noc(C)c1Cn1cc(NC(=O)/C=C/c2c[nH]c3ccccc23)cn1. The molecule has 3 aromatic heterocycles. The molecule has 136 valence electrons. The number of carbonyl (C=O) groups is 1. The van der Waals surface area contributed by atoms with Crippen molar-refractivity contribution in [1.29, 1.82) is 0 Å². The molecule has 27 heavy (non-hydrogen) atoms. The predicted molar refractivity (Wildman–Crippen MR) is 103 cm³/mol. The smallest absolute Gasteiger partial charge is 0.248 e. The van der Waals surface area contributed by atoms with Crippen molar-refractivity contribution >= 4 is 28.6 Å². The molecular formula is C20H19N5O2. The molecule has 1 amide bonds. The van der Waals surface area contributed by atoms with Crippen molar-refractivity contribution in [1.82, 2.24) is 19.9 Å². The van der Waals surface area contributed by atoms with Crippen molar-refractivity contribution in [3.8, 4) is 0 Å². The van der Waals surface area contributed by atoms with Crippen LogP contribution in [-0.4, -0.2) is 25.8 Å². The van der Waals surface area contributed by atoms with Gasteiger partial charge in [0.25, 0.3) is 0 Å². The van der Waals surface area contributed by atoms with Gasteiger partial charge in [-0.3, -0.25) is 9.48 Å². The molecule has 3 heterocycles. The Morgan fingerprint density at radius 1 is 1.33 bits per heavy atom. The Morgan fingerprint density at radius 3 is 3.00 bits per heavy atom. The van der Waals surface area contributed by atoms with Gasteiger partial charge in [-0.15, -0.1) is 0 Å². The van der Waals surface area contributed by atoms with Crippen molar-refractivity contribution < 1.29 is 9.32 Å². The molecule has 4 aromatic rings. The monoisotopic (exact) mass is 361 g/mol. The highest BCUT2D eigenvalue weighted by molar-refractivity contribution is 6.03. The van der Waals surface area contributed by atoms with Crippen LogP contribution in [0.1, 0.15) is 22.6 Å². The number of para-hydroxylation sites is 1. The van der Waals surface area contributed by atoms with Crippen molar-refractivity contribution in [2.45, 2.75) is 20.4 Å². The first-order chi connectivity index (χ1) is 13.1. The third kappa shape index (κ3) is 3.52. The summed E-state index contributed by atoms with van der Waals surface area (Å²) in [6, 6.07) is 7.96. The summed E-state index contributed by atoms with van der Waals surface area (Å²) < 4.78 is 6.91. The fourth-order valence-corrected chi connectivity index (χ4v) is 2.99. The maximum atomic E-state index is 12.2. The maximum absolute atomic E-state index is 12.2. The van der Waals surface area contributed by atoms with Crippen LogP contribution in [0.2, 0.25) is 0 Å². The van der Waals surface area contributed by atoms with Gasteiger partial charge < -0.3 is 14.8 Å². The van der Waals surface area contributed by atoms with Crippen LogP contribution in [0.4, 0.5) is 5.69 Å². The number of fused-ring (bicyclic) bond motifs is 1. The van der Waals surface area contributed by atoms with Gasteiger partial charge in [-0.2, -0.15) is 5.10 Å². The van der Waals surface area contributed by atoms with Gasteiger partial charge in [-0.1, -0.05) is 23.4 Å². The van der Waals surface area contributed by atoms with E-state index < -0.39 is 0 Å². The second-order valence-corrected chi connectivity index (χ2v) is 6.34. The average molecular weight is 361 g/mol. The van der Waals surface area contributed by atoms with Gasteiger partial charge in [-0.25, -0.2) is 0 Å². The number of hydrogen-bond donors (Lipinski definition) is 2. The quantitative estimate of drug-likeness (QED) is 0.531. The van der Waals surface area contributed by atoms with Gasteiger partial charge in [0.2, 0.25) is 5.91 Å². The molecule has 0 aliphatic heterocycles. The molecule has 0 aliphatic rings. The van der Waals surface area contributed by atoms with E-state index in [2.05, 4.69) is 20.6 Å². The highest BCUT2D eigenvalue weighted by atomic mass is 16.5. The van der Waals surface area contributed by atoms with E-state index in [4.69, 9.17) is 4.52 Å². The standard InChI is InChI=1S/C20H19N5O2/c1-13-18(14(2)27-24-13)12-25-11-16(10-22-25)23-20(26)8-7-15-9-21-19-6-4-3-5-17(15)19/h3-11,21H,12H2,1-2H3,(H,23,26)/b8-7+. The molecule has 2 N–H and O–H groups in total. The number of rotatable bonds is 5. The predicted octanol–water partition coefficient (Wildman–Crippen LogP) is 3.67. The Bertz CT molecular complexity index is 1110. The Kier molecular flexibility index (Phi) is 4.33. The summed E-state index contributed by atoms with van der Waals surface area (Å²) in [4.78, 5) is 15.4. The number of nitrogens with zero attached hydrogens (tertiary/aromatic N) is 3. The van der Waals surface area contributed by atoms with Gasteiger partial charge in [-0.05, 0) is 31.6 Å². The zero-order valence-corrected chi connectivity index (χ0v) is 15.1. The molecule has 0 atom stereocenters. The molecular weight excluding hydrogens is 342 g/mol. The van der Waals surface area contributed by atoms with Crippen LogP contribution < -0.4 is 5.32 Å². The molecule has 0 aliphatic carbocycles. The molecule has 0 radical (unpaired) electrons. The van der Waals surface area contributed by atoms with Gasteiger partial charge in [0.1, 0.15) is 5.76 Å². The van der Waals surface area contributed by atoms with Crippen molar-refractivity contribution in [3.05, 3.63) is 71.5 Å². The average Bonchev–Trinajstić information content (AvgIpc) is 3.36. The van der Waals surface area contributed by atoms with Crippen LogP contribution in [0.3, 0.4) is 0 Å². The number of aryl methyl sites for hydroxylation is 2. The van der Waals surface area contributed by atoms with E-state index in [-0.39, 0.29) is 5.91 Å². The van der Waals surface area contributed by atoms with E-state index >= 15 is 0 Å². The Hall–Kier alpha value is -3.61. The largest absolute Gasteiger partial charge is 0.361 e. The third-order valence-corrected chi connectivity index (χ3v) is 4.44. The van der Waals surface area contributed by atoms with E-state index in [1.807, 2.05) is 44.3 Å². The first-order valence-electron chi connectivity index (χ1n) is 8.59. The number of aromatic amines is 1. The summed E-state index contributed by atoms with van der Waals surface area (Å²) in [5.41, 5.74) is 4.48. The van der Waals surface area contributed by atoms with Crippen LogP contribution >= 0.6 is 0 Å². The molecule has 4 rings (SSSR count). The third-order valence-electron chi connectivity index (χ3n) is 4.44. The van der Waals surface area contributed by atoms with Crippen molar-refractivity contribution in [2.75, 3.05) is 5.32 Å². The van der Waals surface area contributed by atoms with Crippen molar-refractivity contribution in [3.63, 3.8) is 0 Å². The van der Waals surface area contributed by atoms with Gasteiger partial charge in [0, 0.05) is 34.9 Å². The molecule has 0 fully saturated rings. The molecule has 0 unspecified atom stereocenters. The summed E-state index contributed by atoms with van der Waals surface area (Å²) >= 11 is 0. The first-order valence-corrected chi connectivity index (χ1v) is 8.59. The van der Waals surface area contributed by atoms with E-state index in [1.165, 1.54) is 6.08 Å². The lowest BCUT2D eigenvalue weighted by Crippen LogP contribution is -2.07. The van der Waals surface area contributed by atoms with Crippen LogP contribution in [0, 0.1) is 13.8 Å². The fraction of sp³-hybridized carbons (Fsp3) is 0.150. The number of benzene rings is 1. The number of amides is 1. The molecule has 7 heteroatoms. The number of hydrogen-bond acceptors (Lipinski definition) is 4. The molecule has 0 saturated carbocycles. The lowest BCUT2D eigenvalue weighted by molar-refractivity contribution is -0.111. The second kappa shape index (κ2) is 6.95. The van der Waals surface area contributed by atoms with Crippen LogP contribution in [-0.2, 0) is 11.3 Å². The molecule has 0 bridgehead atoms. The summed E-state index contributed by atoms with van der Waals surface area (Å²) in [5.74, 6) is 0.562. The highest BCUT2D eigenvalue weighted by Gasteiger charge is 2.10. The van der Waals surface area contributed by atoms with E-state index in [1.54, 1.807) is 23.2 Å². The Labute approximate surface area is 155 Å². The molecule has 7 nitrogen and oxygen atoms in total. The maximum Gasteiger partial charge on any atom is 0.248 e. The van der Waals surface area contributed by atoms with E-state index in [0.717, 1.165) is 33.5 Å². The number of anilines is 1. The number of H-pyrrole nitrogens is 1. The minimum absolute atomic E-state index is 0.211. The van der Waals surface area contributed by atoms with Crippen LogP contribution in [0.25, 0.3) is 17.0 Å². The number of carbonyl (C=O) groups excluding carboxylic acids is 1. The van der Waals surface area contributed by atoms with Gasteiger partial charge >= 0.3 is 0 Å². The Morgan fingerprint density at radius 2 is 2.19 bits per heavy atom. The lowest BCUT2D eigenvalue weighted by atomic mass is 10.1. The first kappa shape index (κ1) is 16.8.